The fourth-order valence-corrected chi connectivity index (χ4v) is 3.06. The number of hydrogen-bond acceptors (Lipinski definition) is 5. The number of rotatable bonds is 5. The highest BCUT2D eigenvalue weighted by molar-refractivity contribution is 5.89. The van der Waals surface area contributed by atoms with Gasteiger partial charge in [-0.2, -0.15) is 0 Å². The lowest BCUT2D eigenvalue weighted by molar-refractivity contribution is 0.0690. The van der Waals surface area contributed by atoms with Gasteiger partial charge in [0.25, 0.3) is 5.54 Å². The van der Waals surface area contributed by atoms with E-state index in [2.05, 4.69) is 15.2 Å². The van der Waals surface area contributed by atoms with Crippen molar-refractivity contribution in [2.45, 2.75) is 31.0 Å². The van der Waals surface area contributed by atoms with Crippen molar-refractivity contribution < 1.29 is 19.4 Å². The molecule has 0 unspecified atom stereocenters. The summed E-state index contributed by atoms with van der Waals surface area (Å²) in [6.45, 7) is 7.86. The first-order valence-corrected chi connectivity index (χ1v) is 8.11. The van der Waals surface area contributed by atoms with Crippen LogP contribution in [-0.2, 0) is 16.8 Å². The molecule has 26 heavy (non-hydrogen) atoms. The molecule has 1 amide bonds. The zero-order valence-electron chi connectivity index (χ0n) is 13.7. The molecule has 0 radical (unpaired) electrons. The molecule has 2 heterocycles. The highest BCUT2D eigenvalue weighted by Crippen LogP contribution is 2.49. The molecule has 9 heteroatoms. The van der Waals surface area contributed by atoms with E-state index in [0.717, 1.165) is 18.4 Å². The van der Waals surface area contributed by atoms with E-state index in [1.165, 1.54) is 15.8 Å². The lowest BCUT2D eigenvalue weighted by Crippen LogP contribution is -2.26. The van der Waals surface area contributed by atoms with Crippen molar-refractivity contribution in [3.63, 3.8) is 0 Å². The maximum atomic E-state index is 12.2. The predicted molar refractivity (Wildman–Crippen MR) is 88.6 cm³/mol. The molecule has 1 aromatic heterocycles. The minimum atomic E-state index is -1.16. The van der Waals surface area contributed by atoms with Gasteiger partial charge in [0.2, 0.25) is 0 Å². The van der Waals surface area contributed by atoms with Gasteiger partial charge in [-0.3, -0.25) is 4.90 Å². The van der Waals surface area contributed by atoms with E-state index < -0.39 is 18.2 Å². The molecule has 1 saturated heterocycles. The minimum Gasteiger partial charge on any atom is -0.476 e. The van der Waals surface area contributed by atoms with E-state index >= 15 is 0 Å². The fourth-order valence-electron chi connectivity index (χ4n) is 3.06. The van der Waals surface area contributed by atoms with Crippen molar-refractivity contribution in [1.82, 2.24) is 15.0 Å². The van der Waals surface area contributed by atoms with Crippen molar-refractivity contribution >= 4 is 17.7 Å². The van der Waals surface area contributed by atoms with Crippen LogP contribution < -0.4 is 4.90 Å². The van der Waals surface area contributed by atoms with Crippen molar-refractivity contribution in [1.29, 1.82) is 0 Å². The van der Waals surface area contributed by atoms with Crippen molar-refractivity contribution in [2.75, 3.05) is 11.4 Å². The number of carboxylic acids is 1. The summed E-state index contributed by atoms with van der Waals surface area (Å²) in [4.78, 5) is 28.2. The minimum absolute atomic E-state index is 0.157. The van der Waals surface area contributed by atoms with Crippen LogP contribution in [0.3, 0.4) is 0 Å². The van der Waals surface area contributed by atoms with E-state index in [1.54, 1.807) is 0 Å². The fraction of sp³-hybridized carbons (Fsp3) is 0.353. The van der Waals surface area contributed by atoms with Gasteiger partial charge >= 0.3 is 12.1 Å². The van der Waals surface area contributed by atoms with Crippen LogP contribution in [0.25, 0.3) is 4.85 Å². The molecule has 1 saturated carbocycles. The summed E-state index contributed by atoms with van der Waals surface area (Å²) in [5.41, 5.74) is 1.15. The largest absolute Gasteiger partial charge is 0.476 e. The lowest BCUT2D eigenvalue weighted by Gasteiger charge is -2.13. The van der Waals surface area contributed by atoms with Gasteiger partial charge in [0.1, 0.15) is 6.10 Å². The highest BCUT2D eigenvalue weighted by atomic mass is 16.6. The number of hydrogen-bond donors (Lipinski definition) is 1. The summed E-state index contributed by atoms with van der Waals surface area (Å²) >= 11 is 0. The van der Waals surface area contributed by atoms with Gasteiger partial charge in [-0.25, -0.2) is 20.8 Å². The van der Waals surface area contributed by atoms with E-state index in [0.29, 0.717) is 12.2 Å². The number of aromatic nitrogens is 3. The molecular weight excluding hydrogens is 338 g/mol. The van der Waals surface area contributed by atoms with Crippen molar-refractivity contribution in [3.05, 3.63) is 53.1 Å². The zero-order chi connectivity index (χ0) is 18.3. The number of cyclic esters (lactones) is 1. The molecule has 9 nitrogen and oxygen atoms in total. The van der Waals surface area contributed by atoms with Gasteiger partial charge in [-0.05, 0) is 24.3 Å². The van der Waals surface area contributed by atoms with Gasteiger partial charge < -0.3 is 14.7 Å². The molecule has 2 fully saturated rings. The third-order valence-electron chi connectivity index (χ3n) is 4.68. The van der Waals surface area contributed by atoms with Crippen LogP contribution in [0.15, 0.2) is 30.5 Å². The quantitative estimate of drug-likeness (QED) is 0.824. The number of carboxylic acid groups (broad SMARTS) is 1. The Kier molecular flexibility index (Phi) is 3.61. The molecule has 2 aliphatic rings. The maximum absolute atomic E-state index is 12.2. The maximum Gasteiger partial charge on any atom is 0.414 e. The topological polar surface area (TPSA) is 102 Å². The number of nitrogens with zero attached hydrogens (tertiary/aromatic N) is 5. The molecule has 1 aliphatic heterocycles. The third-order valence-corrected chi connectivity index (χ3v) is 4.68. The van der Waals surface area contributed by atoms with Gasteiger partial charge in [-0.15, -0.1) is 5.10 Å². The zero-order valence-corrected chi connectivity index (χ0v) is 13.7. The van der Waals surface area contributed by atoms with Crippen LogP contribution in [0.1, 0.15) is 28.9 Å². The number of ether oxygens (including phenoxy) is 1. The van der Waals surface area contributed by atoms with Crippen LogP contribution in [0, 0.1) is 6.57 Å². The summed E-state index contributed by atoms with van der Waals surface area (Å²) in [6.07, 6.45) is 2.13. The lowest BCUT2D eigenvalue weighted by atomic mass is 10.1. The standard InChI is InChI=1S/C17H15N5O4/c1-18-17(6-7-17)11-2-4-12(5-3-11)22-9-13(26-16(22)25)8-21-10-14(15(23)24)19-20-21/h2-5,10,13H,6-9H2,(H,23,24)/t13-/m0/s1. The summed E-state index contributed by atoms with van der Waals surface area (Å²) < 4.78 is 6.68. The van der Waals surface area contributed by atoms with Gasteiger partial charge in [0.15, 0.2) is 5.69 Å². The summed E-state index contributed by atoms with van der Waals surface area (Å²) in [7, 11) is 0. The number of carbonyl (C=O) groups excluding carboxylic acids is 1. The molecule has 2 aromatic rings. The van der Waals surface area contributed by atoms with E-state index in [9.17, 15) is 9.59 Å². The van der Waals surface area contributed by atoms with E-state index in [1.807, 2.05) is 24.3 Å². The Hall–Kier alpha value is -3.41. The Morgan fingerprint density at radius 2 is 2.12 bits per heavy atom. The second-order valence-electron chi connectivity index (χ2n) is 6.44. The first-order chi connectivity index (χ1) is 12.5. The average Bonchev–Trinajstić information content (AvgIpc) is 3.15. The molecular formula is C17H15N5O4. The summed E-state index contributed by atoms with van der Waals surface area (Å²) in [5, 5.41) is 16.1. The summed E-state index contributed by atoms with van der Waals surface area (Å²) in [6, 6.07) is 7.42. The molecule has 0 bridgehead atoms. The molecule has 0 spiro atoms. The Balaban J connectivity index is 1.44. The number of benzene rings is 1. The second kappa shape index (κ2) is 5.84. The SMILES string of the molecule is [C-]#[N+]C1(c2ccc(N3C[C@H](Cn4cc(C(=O)O)nn4)OC3=O)cc2)CC1. The van der Waals surface area contributed by atoms with Crippen molar-refractivity contribution in [3.8, 4) is 0 Å². The van der Waals surface area contributed by atoms with Crippen LogP contribution in [0.5, 0.6) is 0 Å². The monoisotopic (exact) mass is 353 g/mol. The average molecular weight is 353 g/mol. The molecule has 132 valence electrons. The molecule has 1 aliphatic carbocycles. The van der Waals surface area contributed by atoms with Crippen molar-refractivity contribution in [2.24, 2.45) is 0 Å². The van der Waals surface area contributed by atoms with E-state index in [-0.39, 0.29) is 17.8 Å². The first kappa shape index (κ1) is 16.1. The molecule has 4 rings (SSSR count). The van der Waals surface area contributed by atoms with Gasteiger partial charge in [0.05, 0.1) is 19.3 Å². The van der Waals surface area contributed by atoms with Crippen LogP contribution in [0.4, 0.5) is 10.5 Å². The first-order valence-electron chi connectivity index (χ1n) is 8.11. The van der Waals surface area contributed by atoms with Crippen LogP contribution in [-0.4, -0.2) is 44.8 Å². The third kappa shape index (κ3) is 2.75. The van der Waals surface area contributed by atoms with Crippen LogP contribution >= 0.6 is 0 Å². The Labute approximate surface area is 148 Å². The number of carbonyl (C=O) groups is 2. The summed E-state index contributed by atoms with van der Waals surface area (Å²) in [5.74, 6) is -1.16. The van der Waals surface area contributed by atoms with E-state index in [4.69, 9.17) is 16.4 Å². The molecule has 1 atom stereocenters. The van der Waals surface area contributed by atoms with Crippen LogP contribution in [0.2, 0.25) is 0 Å². The molecule has 1 N–H and O–H groups in total. The normalized spacial score (nSPS) is 20.5. The highest BCUT2D eigenvalue weighted by Gasteiger charge is 2.52. The Morgan fingerprint density at radius 3 is 2.69 bits per heavy atom. The number of aromatic carboxylic acids is 1. The van der Waals surface area contributed by atoms with Gasteiger partial charge in [-0.1, -0.05) is 5.21 Å². The molecule has 1 aromatic carbocycles. The smallest absolute Gasteiger partial charge is 0.414 e. The Bertz CT molecular complexity index is 910. The van der Waals surface area contributed by atoms with Gasteiger partial charge in [0, 0.05) is 24.1 Å². The predicted octanol–water partition coefficient (Wildman–Crippen LogP) is 1.91. The Morgan fingerprint density at radius 1 is 1.38 bits per heavy atom. The number of anilines is 1. The second-order valence-corrected chi connectivity index (χ2v) is 6.44. The number of amides is 1.